The minimum absolute atomic E-state index is 0.240. The molecular weight excluding hydrogens is 176 g/mol. The molecule has 0 bridgehead atoms. The number of hydrogen-bond acceptors (Lipinski definition) is 1. The zero-order chi connectivity index (χ0) is 9.73. The summed E-state index contributed by atoms with van der Waals surface area (Å²) < 4.78 is 0.240. The van der Waals surface area contributed by atoms with Crippen molar-refractivity contribution in [3.05, 3.63) is 0 Å². The van der Waals surface area contributed by atoms with E-state index < -0.39 is 0 Å². The van der Waals surface area contributed by atoms with Crippen LogP contribution in [0.4, 0.5) is 0 Å². The number of rotatable bonds is 2. The Bertz CT molecular complexity index is 127. The van der Waals surface area contributed by atoms with Gasteiger partial charge in [-0.3, -0.25) is 0 Å². The van der Waals surface area contributed by atoms with E-state index in [1.165, 1.54) is 51.4 Å². The fourth-order valence-corrected chi connectivity index (χ4v) is 2.71. The van der Waals surface area contributed by atoms with Gasteiger partial charge in [0.15, 0.2) is 0 Å². The van der Waals surface area contributed by atoms with Gasteiger partial charge in [-0.05, 0) is 12.3 Å². The first-order chi connectivity index (χ1) is 6.08. The van der Waals surface area contributed by atoms with Crippen LogP contribution in [0, 0.1) is 5.92 Å². The van der Waals surface area contributed by atoms with Crippen LogP contribution in [0.25, 0.3) is 0 Å². The lowest BCUT2D eigenvalue weighted by molar-refractivity contribution is 0.336. The molecule has 1 rings (SSSR count). The molecule has 0 heterocycles. The smallest absolute Gasteiger partial charge is 0.00758 e. The lowest BCUT2D eigenvalue weighted by Gasteiger charge is -2.26. The Labute approximate surface area is 88.9 Å². The van der Waals surface area contributed by atoms with E-state index in [4.69, 9.17) is 0 Å². The van der Waals surface area contributed by atoms with E-state index in [1.54, 1.807) is 0 Å². The largest absolute Gasteiger partial charge is 0.173 e. The predicted octanol–water partition coefficient (Wildman–Crippen LogP) is 4.45. The van der Waals surface area contributed by atoms with Crippen LogP contribution in [0.3, 0.4) is 0 Å². The summed E-state index contributed by atoms with van der Waals surface area (Å²) in [5, 5.41) is 0. The highest BCUT2D eigenvalue weighted by molar-refractivity contribution is 7.81. The van der Waals surface area contributed by atoms with Gasteiger partial charge in [0, 0.05) is 4.75 Å². The molecule has 1 saturated carbocycles. The van der Waals surface area contributed by atoms with Gasteiger partial charge in [0.2, 0.25) is 0 Å². The summed E-state index contributed by atoms with van der Waals surface area (Å²) >= 11 is 4.63. The highest BCUT2D eigenvalue weighted by Gasteiger charge is 2.19. The number of hydrogen-bond donors (Lipinski definition) is 1. The van der Waals surface area contributed by atoms with E-state index in [9.17, 15) is 0 Å². The van der Waals surface area contributed by atoms with Crippen molar-refractivity contribution < 1.29 is 0 Å². The molecule has 0 spiro atoms. The standard InChI is InChI=1S/C12H24S/c1-12(2,13)10-11-8-6-4-3-5-7-9-11/h11,13H,3-10H2,1-2H3. The highest BCUT2D eigenvalue weighted by Crippen LogP contribution is 2.31. The van der Waals surface area contributed by atoms with E-state index in [1.807, 2.05) is 0 Å². The Hall–Kier alpha value is 0.350. The maximum Gasteiger partial charge on any atom is 0.00758 e. The van der Waals surface area contributed by atoms with E-state index in [0.717, 1.165) is 5.92 Å². The fourth-order valence-electron chi connectivity index (χ4n) is 2.45. The molecule has 0 nitrogen and oxygen atoms in total. The summed E-state index contributed by atoms with van der Waals surface area (Å²) in [5.41, 5.74) is 0. The van der Waals surface area contributed by atoms with Crippen LogP contribution in [0.1, 0.15) is 65.2 Å². The summed E-state index contributed by atoms with van der Waals surface area (Å²) in [7, 11) is 0. The van der Waals surface area contributed by atoms with Crippen LogP contribution < -0.4 is 0 Å². The summed E-state index contributed by atoms with van der Waals surface area (Å²) in [6, 6.07) is 0. The molecule has 1 aliphatic carbocycles. The molecule has 0 aromatic rings. The topological polar surface area (TPSA) is 0 Å². The van der Waals surface area contributed by atoms with E-state index in [0.29, 0.717) is 0 Å². The Morgan fingerprint density at radius 3 is 1.92 bits per heavy atom. The number of thiol groups is 1. The van der Waals surface area contributed by atoms with Crippen molar-refractivity contribution in [2.75, 3.05) is 0 Å². The van der Waals surface area contributed by atoms with Gasteiger partial charge in [0.1, 0.15) is 0 Å². The third-order valence-electron chi connectivity index (χ3n) is 3.01. The van der Waals surface area contributed by atoms with Crippen molar-refractivity contribution in [1.29, 1.82) is 0 Å². The molecule has 0 unspecified atom stereocenters. The van der Waals surface area contributed by atoms with E-state index in [-0.39, 0.29) is 4.75 Å². The molecule has 1 fully saturated rings. The van der Waals surface area contributed by atoms with Crippen LogP contribution >= 0.6 is 12.6 Å². The van der Waals surface area contributed by atoms with E-state index >= 15 is 0 Å². The van der Waals surface area contributed by atoms with Gasteiger partial charge in [-0.25, -0.2) is 0 Å². The molecular formula is C12H24S. The molecule has 0 atom stereocenters. The molecule has 0 aromatic heterocycles. The predicted molar refractivity (Wildman–Crippen MR) is 63.5 cm³/mol. The Balaban J connectivity index is 2.29. The van der Waals surface area contributed by atoms with Crippen molar-refractivity contribution >= 4 is 12.6 Å². The minimum Gasteiger partial charge on any atom is -0.173 e. The first-order valence-corrected chi connectivity index (χ1v) is 6.25. The van der Waals surface area contributed by atoms with Crippen molar-refractivity contribution in [1.82, 2.24) is 0 Å². The second-order valence-electron chi connectivity index (χ2n) is 5.23. The second kappa shape index (κ2) is 5.29. The lowest BCUT2D eigenvalue weighted by atomic mass is 9.85. The van der Waals surface area contributed by atoms with Gasteiger partial charge >= 0.3 is 0 Å². The molecule has 0 N–H and O–H groups in total. The van der Waals surface area contributed by atoms with Gasteiger partial charge in [-0.2, -0.15) is 12.6 Å². The van der Waals surface area contributed by atoms with E-state index in [2.05, 4.69) is 26.5 Å². The molecule has 0 aromatic carbocycles. The highest BCUT2D eigenvalue weighted by atomic mass is 32.1. The monoisotopic (exact) mass is 200 g/mol. The van der Waals surface area contributed by atoms with Gasteiger partial charge in [-0.1, -0.05) is 58.8 Å². The van der Waals surface area contributed by atoms with Crippen molar-refractivity contribution in [2.45, 2.75) is 70.0 Å². The minimum atomic E-state index is 0.240. The summed E-state index contributed by atoms with van der Waals surface area (Å²) in [5.74, 6) is 0.952. The first-order valence-electron chi connectivity index (χ1n) is 5.80. The van der Waals surface area contributed by atoms with Crippen LogP contribution in [0.5, 0.6) is 0 Å². The van der Waals surface area contributed by atoms with Gasteiger partial charge in [0.05, 0.1) is 0 Å². The van der Waals surface area contributed by atoms with Crippen molar-refractivity contribution in [3.63, 3.8) is 0 Å². The molecule has 0 amide bonds. The van der Waals surface area contributed by atoms with Crippen LogP contribution in [0.15, 0.2) is 0 Å². The average Bonchev–Trinajstić information content (AvgIpc) is 1.92. The average molecular weight is 200 g/mol. The Morgan fingerprint density at radius 1 is 1.00 bits per heavy atom. The normalized spacial score (nSPS) is 22.4. The summed E-state index contributed by atoms with van der Waals surface area (Å²) in [6.07, 6.45) is 11.5. The molecule has 13 heavy (non-hydrogen) atoms. The Morgan fingerprint density at radius 2 is 1.46 bits per heavy atom. The van der Waals surface area contributed by atoms with Gasteiger partial charge in [0.25, 0.3) is 0 Å². The molecule has 78 valence electrons. The van der Waals surface area contributed by atoms with Crippen LogP contribution in [0.2, 0.25) is 0 Å². The quantitative estimate of drug-likeness (QED) is 0.626. The summed E-state index contributed by atoms with van der Waals surface area (Å²) in [4.78, 5) is 0. The third kappa shape index (κ3) is 5.61. The molecule has 0 aliphatic heterocycles. The van der Waals surface area contributed by atoms with Crippen LogP contribution in [-0.2, 0) is 0 Å². The molecule has 0 radical (unpaired) electrons. The summed E-state index contributed by atoms with van der Waals surface area (Å²) in [6.45, 7) is 4.49. The second-order valence-corrected chi connectivity index (χ2v) is 6.44. The fraction of sp³-hybridized carbons (Fsp3) is 1.00. The van der Waals surface area contributed by atoms with Crippen LogP contribution in [-0.4, -0.2) is 4.75 Å². The SMILES string of the molecule is CC(C)(S)CC1CCCCCCC1. The third-order valence-corrected chi connectivity index (χ3v) is 3.20. The maximum atomic E-state index is 4.63. The van der Waals surface area contributed by atoms with Gasteiger partial charge < -0.3 is 0 Å². The first kappa shape index (κ1) is 11.4. The Kier molecular flexibility index (Phi) is 4.64. The maximum absolute atomic E-state index is 4.63. The molecule has 1 heteroatoms. The zero-order valence-corrected chi connectivity index (χ0v) is 10.1. The molecule has 0 saturated heterocycles. The molecule has 1 aliphatic rings. The van der Waals surface area contributed by atoms with Gasteiger partial charge in [-0.15, -0.1) is 0 Å². The van der Waals surface area contributed by atoms with Crippen molar-refractivity contribution in [3.8, 4) is 0 Å². The zero-order valence-electron chi connectivity index (χ0n) is 9.18. The lowest BCUT2D eigenvalue weighted by Crippen LogP contribution is -2.17. The van der Waals surface area contributed by atoms with Crippen molar-refractivity contribution in [2.24, 2.45) is 5.92 Å².